The number of hydrogen-bond donors (Lipinski definition) is 0. The van der Waals surface area contributed by atoms with Gasteiger partial charge in [-0.1, -0.05) is 55.5 Å². The SMILES string of the molecule is C/C=C\C1C=CC=CC1(C)/C=C\C. The Kier molecular flexibility index (Phi) is 3.30. The summed E-state index contributed by atoms with van der Waals surface area (Å²) in [5.74, 6) is 0.499. The van der Waals surface area contributed by atoms with Crippen molar-refractivity contribution in [2.75, 3.05) is 0 Å². The topological polar surface area (TPSA) is 0 Å². The van der Waals surface area contributed by atoms with Crippen LogP contribution < -0.4 is 0 Å². The second-order valence-corrected chi connectivity index (χ2v) is 3.66. The molecule has 70 valence electrons. The van der Waals surface area contributed by atoms with Gasteiger partial charge in [-0.3, -0.25) is 0 Å². The van der Waals surface area contributed by atoms with E-state index < -0.39 is 0 Å². The van der Waals surface area contributed by atoms with Crippen LogP contribution in [0.1, 0.15) is 20.8 Å². The highest BCUT2D eigenvalue weighted by atomic mass is 14.3. The number of rotatable bonds is 2. The molecule has 0 N–H and O–H groups in total. The summed E-state index contributed by atoms with van der Waals surface area (Å²) < 4.78 is 0. The van der Waals surface area contributed by atoms with Gasteiger partial charge in [0.25, 0.3) is 0 Å². The average molecular weight is 174 g/mol. The van der Waals surface area contributed by atoms with Gasteiger partial charge in [0.1, 0.15) is 0 Å². The third kappa shape index (κ3) is 2.21. The molecule has 2 atom stereocenters. The van der Waals surface area contributed by atoms with E-state index in [1.54, 1.807) is 0 Å². The summed E-state index contributed by atoms with van der Waals surface area (Å²) in [7, 11) is 0. The van der Waals surface area contributed by atoms with E-state index in [-0.39, 0.29) is 5.41 Å². The first kappa shape index (κ1) is 10.0. The van der Waals surface area contributed by atoms with E-state index in [1.165, 1.54) is 0 Å². The second-order valence-electron chi connectivity index (χ2n) is 3.66. The molecular weight excluding hydrogens is 156 g/mol. The molecule has 0 saturated carbocycles. The Bertz CT molecular complexity index is 266. The highest BCUT2D eigenvalue weighted by Crippen LogP contribution is 2.35. The van der Waals surface area contributed by atoms with Gasteiger partial charge in [-0.05, 0) is 13.8 Å². The molecule has 13 heavy (non-hydrogen) atoms. The van der Waals surface area contributed by atoms with Gasteiger partial charge < -0.3 is 0 Å². The Hall–Kier alpha value is -1.04. The maximum Gasteiger partial charge on any atom is 0.0133 e. The molecule has 1 aliphatic rings. The second kappa shape index (κ2) is 4.27. The summed E-state index contributed by atoms with van der Waals surface area (Å²) in [6.45, 7) is 6.41. The van der Waals surface area contributed by atoms with Crippen molar-refractivity contribution in [1.82, 2.24) is 0 Å². The molecule has 1 aliphatic carbocycles. The fourth-order valence-corrected chi connectivity index (χ4v) is 1.77. The number of hydrogen-bond acceptors (Lipinski definition) is 0. The molecule has 0 heterocycles. The zero-order chi connectivity index (χ0) is 9.73. The van der Waals surface area contributed by atoms with Crippen LogP contribution in [0.15, 0.2) is 48.6 Å². The van der Waals surface area contributed by atoms with Crippen LogP contribution in [0.4, 0.5) is 0 Å². The fraction of sp³-hybridized carbons (Fsp3) is 0.385. The monoisotopic (exact) mass is 174 g/mol. The highest BCUT2D eigenvalue weighted by Gasteiger charge is 2.25. The van der Waals surface area contributed by atoms with E-state index in [0.717, 1.165) is 0 Å². The van der Waals surface area contributed by atoms with E-state index >= 15 is 0 Å². The lowest BCUT2D eigenvalue weighted by Crippen LogP contribution is -2.21. The Balaban J connectivity index is 2.93. The minimum atomic E-state index is 0.163. The Morgan fingerprint density at radius 3 is 2.54 bits per heavy atom. The van der Waals surface area contributed by atoms with Crippen LogP contribution in [-0.4, -0.2) is 0 Å². The van der Waals surface area contributed by atoms with Crippen LogP contribution in [0, 0.1) is 11.3 Å². The van der Waals surface area contributed by atoms with Crippen LogP contribution in [-0.2, 0) is 0 Å². The third-order valence-electron chi connectivity index (χ3n) is 2.53. The molecule has 0 bridgehead atoms. The third-order valence-corrected chi connectivity index (χ3v) is 2.53. The van der Waals surface area contributed by atoms with Crippen molar-refractivity contribution in [2.45, 2.75) is 20.8 Å². The Morgan fingerprint density at radius 2 is 1.92 bits per heavy atom. The molecule has 0 radical (unpaired) electrons. The summed E-state index contributed by atoms with van der Waals surface area (Å²) in [5, 5.41) is 0. The van der Waals surface area contributed by atoms with Gasteiger partial charge in [0.2, 0.25) is 0 Å². The van der Waals surface area contributed by atoms with Crippen LogP contribution in [0.25, 0.3) is 0 Å². The molecule has 2 unspecified atom stereocenters. The van der Waals surface area contributed by atoms with Crippen LogP contribution in [0.5, 0.6) is 0 Å². The molecule has 0 amide bonds. The van der Waals surface area contributed by atoms with Crippen molar-refractivity contribution >= 4 is 0 Å². The molecule has 0 aromatic heterocycles. The lowest BCUT2D eigenvalue weighted by atomic mass is 9.74. The van der Waals surface area contributed by atoms with Gasteiger partial charge in [-0.25, -0.2) is 0 Å². The highest BCUT2D eigenvalue weighted by molar-refractivity contribution is 5.27. The molecule has 0 fully saturated rings. The minimum absolute atomic E-state index is 0.163. The van der Waals surface area contributed by atoms with E-state index in [9.17, 15) is 0 Å². The summed E-state index contributed by atoms with van der Waals surface area (Å²) in [6.07, 6.45) is 17.5. The largest absolute Gasteiger partial charge is 0.0910 e. The van der Waals surface area contributed by atoms with Crippen molar-refractivity contribution in [1.29, 1.82) is 0 Å². The normalized spacial score (nSPS) is 33.6. The first-order chi connectivity index (χ1) is 6.23. The molecule has 0 aromatic rings. The van der Waals surface area contributed by atoms with Crippen molar-refractivity contribution in [3.05, 3.63) is 48.6 Å². The molecule has 0 nitrogen and oxygen atoms in total. The standard InChI is InChI=1S/C13H18/c1-4-8-12-9-6-7-11-13(12,3)10-5-2/h4-12H,1-3H3/b8-4-,10-5-. The average Bonchev–Trinajstić information content (AvgIpc) is 2.10. The summed E-state index contributed by atoms with van der Waals surface area (Å²) >= 11 is 0. The first-order valence-electron chi connectivity index (χ1n) is 4.85. The lowest BCUT2D eigenvalue weighted by Gasteiger charge is -2.30. The summed E-state index contributed by atoms with van der Waals surface area (Å²) in [6, 6.07) is 0. The molecule has 1 rings (SSSR count). The zero-order valence-electron chi connectivity index (χ0n) is 8.70. The molecule has 0 saturated heterocycles. The maximum absolute atomic E-state index is 2.26. The van der Waals surface area contributed by atoms with Gasteiger partial charge in [-0.2, -0.15) is 0 Å². The van der Waals surface area contributed by atoms with Gasteiger partial charge >= 0.3 is 0 Å². The van der Waals surface area contributed by atoms with Gasteiger partial charge in [0.15, 0.2) is 0 Å². The molecule has 0 heteroatoms. The predicted octanol–water partition coefficient (Wildman–Crippen LogP) is 3.89. The summed E-state index contributed by atoms with van der Waals surface area (Å²) in [4.78, 5) is 0. The van der Waals surface area contributed by atoms with Crippen molar-refractivity contribution in [3.8, 4) is 0 Å². The van der Waals surface area contributed by atoms with Crippen molar-refractivity contribution in [2.24, 2.45) is 11.3 Å². The molecule has 0 aliphatic heterocycles. The Labute approximate surface area is 81.4 Å². The minimum Gasteiger partial charge on any atom is -0.0910 e. The van der Waals surface area contributed by atoms with E-state index in [0.29, 0.717) is 5.92 Å². The fourth-order valence-electron chi connectivity index (χ4n) is 1.77. The maximum atomic E-state index is 2.26. The van der Waals surface area contributed by atoms with Gasteiger partial charge in [0.05, 0.1) is 0 Å². The van der Waals surface area contributed by atoms with Crippen LogP contribution >= 0.6 is 0 Å². The molecule has 0 aromatic carbocycles. The lowest BCUT2D eigenvalue weighted by molar-refractivity contribution is 0.456. The van der Waals surface area contributed by atoms with Crippen molar-refractivity contribution in [3.63, 3.8) is 0 Å². The quantitative estimate of drug-likeness (QED) is 0.557. The van der Waals surface area contributed by atoms with Crippen molar-refractivity contribution < 1.29 is 0 Å². The van der Waals surface area contributed by atoms with E-state index in [2.05, 4.69) is 69.4 Å². The van der Waals surface area contributed by atoms with Crippen LogP contribution in [0.2, 0.25) is 0 Å². The number of allylic oxidation sites excluding steroid dienone is 8. The van der Waals surface area contributed by atoms with Crippen LogP contribution in [0.3, 0.4) is 0 Å². The summed E-state index contributed by atoms with van der Waals surface area (Å²) in [5.41, 5.74) is 0.163. The zero-order valence-corrected chi connectivity index (χ0v) is 8.70. The van der Waals surface area contributed by atoms with Gasteiger partial charge in [-0.15, -0.1) is 0 Å². The van der Waals surface area contributed by atoms with Gasteiger partial charge in [0, 0.05) is 11.3 Å². The van der Waals surface area contributed by atoms with E-state index in [4.69, 9.17) is 0 Å². The molecular formula is C13H18. The predicted molar refractivity (Wildman–Crippen MR) is 59.5 cm³/mol. The Morgan fingerprint density at radius 1 is 1.15 bits per heavy atom. The first-order valence-corrected chi connectivity index (χ1v) is 4.85. The van der Waals surface area contributed by atoms with E-state index in [1.807, 2.05) is 0 Å². The molecule has 0 spiro atoms. The smallest absolute Gasteiger partial charge is 0.0133 e.